The molecule has 3 aliphatic heterocycles. The number of carbonyl (C=O) groups excluding carboxylic acids is 18. The molecule has 16 atom stereocenters. The normalized spacial score (nSPS) is 25.1. The van der Waals surface area contributed by atoms with Gasteiger partial charge < -0.3 is 132 Å². The Kier molecular flexibility index (Phi) is 44.1. The summed E-state index contributed by atoms with van der Waals surface area (Å²) in [4.78, 5) is 315. The van der Waals surface area contributed by atoms with E-state index in [0.29, 0.717) is 33.7 Å². The number of hydrogen-bond acceptors (Lipinski definition) is 29. The number of fused-ring (bicyclic) bond motifs is 9. The first-order valence-corrected chi connectivity index (χ1v) is 48.0. The quantitative estimate of drug-likeness (QED) is 0.0369. The number of carboxylic acids is 4. The highest BCUT2D eigenvalue weighted by atomic mass is 32.2. The molecule has 762 valence electrons. The summed E-state index contributed by atoms with van der Waals surface area (Å²) >= 11 is 2.23. The summed E-state index contributed by atoms with van der Waals surface area (Å²) in [5.74, 6) is -30.4. The highest BCUT2D eigenvalue weighted by molar-refractivity contribution is 8.00. The fourth-order valence-corrected chi connectivity index (χ4v) is 17.5. The summed E-state index contributed by atoms with van der Waals surface area (Å²) in [5.41, 5.74) is 16.9. The van der Waals surface area contributed by atoms with Gasteiger partial charge in [0.25, 0.3) is 0 Å². The van der Waals surface area contributed by atoms with E-state index in [2.05, 4.69) is 74.4 Å². The van der Waals surface area contributed by atoms with Gasteiger partial charge in [0.05, 0.1) is 54.6 Å². The van der Waals surface area contributed by atoms with Gasteiger partial charge >= 0.3 is 23.9 Å². The predicted molar refractivity (Wildman–Crippen MR) is 505 cm³/mol. The van der Waals surface area contributed by atoms with Crippen molar-refractivity contribution >= 4 is 176 Å². The molecule has 3 saturated heterocycles. The zero-order chi connectivity index (χ0) is 104. The number of phenols is 1. The van der Waals surface area contributed by atoms with Crippen LogP contribution >= 0.6 is 35.3 Å². The van der Waals surface area contributed by atoms with Gasteiger partial charge in [-0.1, -0.05) is 106 Å². The van der Waals surface area contributed by atoms with Crippen LogP contribution in [0.25, 0.3) is 10.8 Å². The first kappa shape index (κ1) is 113. The van der Waals surface area contributed by atoms with E-state index in [0.717, 1.165) is 37.4 Å². The SMILES string of the molecule is C[C@H](N)C(=O)N[C@H]1CSCC(=O)N2CCN3CCN(CC2)C(=O)CSC[C@@H](NC(=O)[C@@H](C)NC(=O)[C@H](Cc2cccc4ccccc24)NC(=O)[C@H](CCC(=O)O)NC(=O)[C@H](CC(N)=O)NC(=O)[C@@H](C)NC1=O)C(O)N[C@@H](CCC(=O)O)C(=O)N[C@@H](CC(=O)O)C(=O)N[C@@H](Cc1ccccc1)C(=O)N[C@@H](Cc1ccc(O)cc1)C(=O)NC(CC(=O)O)C(=O)N[C@@H](C(C)(C)C)C(=O)N[C@H](C(N)=O)CSCC3=O. The number of aromatic hydroxyl groups is 1. The van der Waals surface area contributed by atoms with Gasteiger partial charge in [0.15, 0.2) is 0 Å². The zero-order valence-corrected chi connectivity index (χ0v) is 79.9. The number of nitrogens with zero attached hydrogens (tertiary/aromatic N) is 3. The summed E-state index contributed by atoms with van der Waals surface area (Å²) in [6, 6.07) is -3.06. The number of hydrogen-bond donors (Lipinski definition) is 23. The molecule has 3 heterocycles. The Morgan fingerprint density at radius 3 is 1.32 bits per heavy atom. The molecule has 4 aromatic carbocycles. The Hall–Kier alpha value is -13.8. The van der Waals surface area contributed by atoms with E-state index in [9.17, 15) is 112 Å². The van der Waals surface area contributed by atoms with Crippen molar-refractivity contribution in [1.82, 2.24) is 89.1 Å². The second kappa shape index (κ2) is 54.5. The minimum Gasteiger partial charge on any atom is -0.508 e. The van der Waals surface area contributed by atoms with Gasteiger partial charge in [-0.25, -0.2) is 0 Å². The van der Waals surface area contributed by atoms with Crippen LogP contribution in [0.3, 0.4) is 0 Å². The van der Waals surface area contributed by atoms with Crippen LogP contribution in [-0.4, -0.2) is 346 Å². The van der Waals surface area contributed by atoms with Gasteiger partial charge in [0.2, 0.25) is 106 Å². The number of carbonyl (C=O) groups is 22. The number of aliphatic carboxylic acids is 4. The van der Waals surface area contributed by atoms with E-state index in [1.54, 1.807) is 48.5 Å². The number of phenolic OH excluding ortho intramolecular Hbond substituents is 1. The van der Waals surface area contributed by atoms with E-state index < -0.39 is 331 Å². The van der Waals surface area contributed by atoms with E-state index in [-0.39, 0.29) is 50.6 Å². The number of primary amides is 2. The molecule has 18 amide bonds. The molecular weight excluding hydrogens is 1890 g/mol. The molecule has 0 radical (unpaired) electrons. The number of amides is 18. The third kappa shape index (κ3) is 36.8. The topological polar surface area (TPSA) is 753 Å². The van der Waals surface area contributed by atoms with Gasteiger partial charge in [-0.3, -0.25) is 111 Å². The predicted octanol–water partition coefficient (Wildman–Crippen LogP) is -6.65. The summed E-state index contributed by atoms with van der Waals surface area (Å²) in [6.07, 6.45) is -10.7. The number of carboxylic acid groups (broad SMARTS) is 4. The van der Waals surface area contributed by atoms with Crippen LogP contribution in [0, 0.1) is 5.41 Å². The molecule has 0 aliphatic carbocycles. The van der Waals surface area contributed by atoms with Crippen LogP contribution in [0.1, 0.15) is 103 Å². The van der Waals surface area contributed by atoms with Crippen molar-refractivity contribution in [3.63, 3.8) is 0 Å². The highest BCUT2D eigenvalue weighted by Crippen LogP contribution is 2.25. The Bertz CT molecular complexity index is 5190. The van der Waals surface area contributed by atoms with Crippen molar-refractivity contribution in [3.05, 3.63) is 114 Å². The van der Waals surface area contributed by atoms with Gasteiger partial charge in [0.1, 0.15) is 84.5 Å². The second-order valence-corrected chi connectivity index (χ2v) is 37.7. The van der Waals surface area contributed by atoms with Crippen LogP contribution in [0.4, 0.5) is 0 Å². The highest BCUT2D eigenvalue weighted by Gasteiger charge is 2.42. The molecule has 0 aromatic heterocycles. The molecule has 2 unspecified atom stereocenters. The maximum atomic E-state index is 15.1. The van der Waals surface area contributed by atoms with E-state index in [1.165, 1.54) is 90.9 Å². The first-order chi connectivity index (χ1) is 66.0. The largest absolute Gasteiger partial charge is 0.508 e. The summed E-state index contributed by atoms with van der Waals surface area (Å²) < 4.78 is 0. The van der Waals surface area contributed by atoms with Gasteiger partial charge in [0, 0.05) is 88.6 Å². The lowest BCUT2D eigenvalue weighted by Gasteiger charge is -2.33. The van der Waals surface area contributed by atoms with E-state index in [1.807, 2.05) is 0 Å². The van der Waals surface area contributed by atoms with Gasteiger partial charge in [-0.2, -0.15) is 0 Å². The Balaban J connectivity index is 1.39. The number of nitrogens with two attached hydrogens (primary N) is 3. The number of aliphatic hydroxyl groups excluding tert-OH is 1. The number of aliphatic hydroxyl groups is 1. The smallest absolute Gasteiger partial charge is 0.305 e. The van der Waals surface area contributed by atoms with Crippen LogP contribution in [-0.2, 0) is 125 Å². The molecule has 140 heavy (non-hydrogen) atoms. The lowest BCUT2D eigenvalue weighted by molar-refractivity contribution is -0.142. The number of nitrogens with one attached hydrogen (secondary N) is 14. The first-order valence-electron chi connectivity index (χ1n) is 44.5. The van der Waals surface area contributed by atoms with Crippen molar-refractivity contribution in [3.8, 4) is 5.75 Å². The van der Waals surface area contributed by atoms with Crippen molar-refractivity contribution in [2.45, 2.75) is 203 Å². The molecule has 7 rings (SSSR count). The number of thioether (sulfide) groups is 3. The lowest BCUT2D eigenvalue weighted by Crippen LogP contribution is -2.62. The second-order valence-electron chi connectivity index (χ2n) is 34.6. The fraction of sp³-hybridized carbons (Fsp3) is 0.506. The zero-order valence-electron chi connectivity index (χ0n) is 77.5. The lowest BCUT2D eigenvalue weighted by atomic mass is 9.85. The average Bonchev–Trinajstić information content (AvgIpc) is 0.852. The minimum atomic E-state index is -2.32. The molecule has 3 aliphatic rings. The molecule has 51 heteroatoms. The Morgan fingerprint density at radius 2 is 0.829 bits per heavy atom. The number of rotatable bonds is 21. The van der Waals surface area contributed by atoms with Crippen LogP contribution in [0.2, 0.25) is 0 Å². The van der Waals surface area contributed by atoms with Crippen molar-refractivity contribution in [2.75, 3.05) is 73.8 Å². The summed E-state index contributed by atoms with van der Waals surface area (Å²) in [7, 11) is 0. The molecule has 4 bridgehead atoms. The van der Waals surface area contributed by atoms with E-state index in [4.69, 9.17) is 17.2 Å². The molecule has 26 N–H and O–H groups in total. The van der Waals surface area contributed by atoms with Gasteiger partial charge in [-0.05, 0) is 78.6 Å². The molecule has 48 nitrogen and oxygen atoms in total. The maximum absolute atomic E-state index is 15.1. The molecular formula is C89H120N20O28S3. The van der Waals surface area contributed by atoms with Crippen molar-refractivity contribution in [2.24, 2.45) is 22.6 Å². The monoisotopic (exact) mass is 2010 g/mol. The molecule has 3 fully saturated rings. The third-order valence-electron chi connectivity index (χ3n) is 22.4. The molecule has 4 aromatic rings. The van der Waals surface area contributed by atoms with Crippen LogP contribution in [0.15, 0.2) is 97.1 Å². The van der Waals surface area contributed by atoms with E-state index >= 15 is 24.0 Å². The van der Waals surface area contributed by atoms with Crippen LogP contribution < -0.4 is 91.6 Å². The standard InChI is InChI=1S/C89H120N20O28S3/c1-45(90)75(124)104-63-40-139-43-67(113)108-29-27-107-28-30-109(32-31-108)68(114)44-140-41-64(105-77(126)47(3)93-80(129)58(35-51-17-12-16-50-15-10-11-18-53(50)51)100-78(127)54(23-25-69(115)116)95-83(132)59(36-65(91)111)97-76(125)46(2)94-86(63)135)87(136)96-55(24-26-70(117)118)79(128)101-60(37-71(119)120)84(133)99-56(33-48-13-8-7-9-14-48)81(130)98-57(34-49-19-21-52(110)22-20-49)82(131)102-61(38-72(121)122)85(134)106-73(89(4,5)6)88(137)103-62(74(92)123)39-138-42-66(107)112/h7-22,45-47,54-64,73,87,96,110,136H,23-44,90H2,1-6H3,(H2,91,111)(H2,92,123)(H,93,129)(H,94,135)(H,95,132)(H,97,125)(H,98,130)(H,99,133)(H,100,127)(H,101,128)(H,102,131)(H,103,137)(H,104,124)(H,105,126)(H,106,134)(H,115,116)(H,117,118)(H,119,120)(H,121,122)/t45-,46+,47+,54-,55-,56-,57-,58-,59-,60-,61?,62-,63-,64+,73+,87?/m0/s1. The van der Waals surface area contributed by atoms with Crippen LogP contribution in [0.5, 0.6) is 5.75 Å². The molecule has 0 saturated carbocycles. The Morgan fingerprint density at radius 1 is 0.429 bits per heavy atom. The molecule has 0 spiro atoms. The van der Waals surface area contributed by atoms with Crippen molar-refractivity contribution < 1.29 is 136 Å². The minimum absolute atomic E-state index is 0.202. The summed E-state index contributed by atoms with van der Waals surface area (Å²) in [6.45, 7) is 6.21. The Labute approximate surface area is 815 Å². The van der Waals surface area contributed by atoms with Gasteiger partial charge in [-0.15, -0.1) is 35.3 Å². The number of benzene rings is 4. The fourth-order valence-electron chi connectivity index (χ4n) is 14.6. The maximum Gasteiger partial charge on any atom is 0.305 e. The van der Waals surface area contributed by atoms with Crippen molar-refractivity contribution in [1.29, 1.82) is 0 Å². The average molecular weight is 2010 g/mol. The summed E-state index contributed by atoms with van der Waals surface area (Å²) in [5, 5.41) is 98.6. The third-order valence-corrected chi connectivity index (χ3v) is 25.5.